The summed E-state index contributed by atoms with van der Waals surface area (Å²) in [7, 11) is -3.60. The van der Waals surface area contributed by atoms with Gasteiger partial charge >= 0.3 is 0 Å². The maximum atomic E-state index is 14.3. The highest BCUT2D eigenvalue weighted by Gasteiger charge is 2.31. The average molecular weight is 586 g/mol. The number of likely N-dealkylation sites (tertiary alicyclic amines) is 1. The summed E-state index contributed by atoms with van der Waals surface area (Å²) in [6.45, 7) is 9.03. The predicted molar refractivity (Wildman–Crippen MR) is 155 cm³/mol. The lowest BCUT2D eigenvalue weighted by atomic mass is 9.86. The molecule has 3 unspecified atom stereocenters. The van der Waals surface area contributed by atoms with Crippen LogP contribution in [-0.2, 0) is 9.84 Å². The van der Waals surface area contributed by atoms with Gasteiger partial charge in [0.25, 0.3) is 0 Å². The third-order valence-electron chi connectivity index (χ3n) is 7.76. The van der Waals surface area contributed by atoms with E-state index in [2.05, 4.69) is 18.7 Å². The van der Waals surface area contributed by atoms with E-state index in [1.54, 1.807) is 12.1 Å². The smallest absolute Gasteiger partial charge is 0.177 e. The molecule has 6 nitrogen and oxygen atoms in total. The Morgan fingerprint density at radius 1 is 1.18 bits per heavy atom. The molecule has 2 heterocycles. The Bertz CT molecular complexity index is 1570. The summed E-state index contributed by atoms with van der Waals surface area (Å²) in [5.74, 6) is 0.437. The zero-order valence-electron chi connectivity index (χ0n) is 22.9. The van der Waals surface area contributed by atoms with Crippen LogP contribution in [0.1, 0.15) is 50.0 Å². The van der Waals surface area contributed by atoms with E-state index in [0.29, 0.717) is 35.3 Å². The van der Waals surface area contributed by atoms with Gasteiger partial charge in [0.1, 0.15) is 24.2 Å². The SMILES string of the molecule is CC1=C(c2ccc(Cl)c(S(C)(=O)=O)c2)C(c2ccc(OCC(C)N3CCC(C)C3)cc2)Oc2cc(F)c(O)cc21. The van der Waals surface area contributed by atoms with Gasteiger partial charge in [0.15, 0.2) is 21.4 Å². The second-order valence-electron chi connectivity index (χ2n) is 10.9. The van der Waals surface area contributed by atoms with Gasteiger partial charge in [-0.25, -0.2) is 12.8 Å². The van der Waals surface area contributed by atoms with E-state index in [1.807, 2.05) is 31.2 Å². The number of hydrogen-bond acceptors (Lipinski definition) is 6. The summed E-state index contributed by atoms with van der Waals surface area (Å²) in [5.41, 5.74) is 3.29. The number of nitrogens with zero attached hydrogens (tertiary/aromatic N) is 1. The van der Waals surface area contributed by atoms with Crippen molar-refractivity contribution in [2.75, 3.05) is 26.0 Å². The lowest BCUT2D eigenvalue weighted by Gasteiger charge is -2.31. The molecule has 1 saturated heterocycles. The maximum absolute atomic E-state index is 14.3. The molecule has 5 rings (SSSR count). The van der Waals surface area contributed by atoms with E-state index in [9.17, 15) is 17.9 Å². The van der Waals surface area contributed by atoms with Gasteiger partial charge in [-0.2, -0.15) is 0 Å². The number of phenolic OH excluding ortho intramolecular Hbond substituents is 1. The van der Waals surface area contributed by atoms with Crippen LogP contribution in [-0.4, -0.2) is 50.4 Å². The van der Waals surface area contributed by atoms with Crippen LogP contribution in [0.5, 0.6) is 17.2 Å². The molecule has 0 aliphatic carbocycles. The topological polar surface area (TPSA) is 76.1 Å². The number of sulfone groups is 1. The molecule has 0 radical (unpaired) electrons. The second kappa shape index (κ2) is 11.1. The molecule has 1 N–H and O–H groups in total. The molecule has 0 saturated carbocycles. The first-order chi connectivity index (χ1) is 18.9. The summed E-state index contributed by atoms with van der Waals surface area (Å²) >= 11 is 6.23. The van der Waals surface area contributed by atoms with Crippen LogP contribution >= 0.6 is 11.6 Å². The van der Waals surface area contributed by atoms with Gasteiger partial charge in [-0.15, -0.1) is 0 Å². The quantitative estimate of drug-likeness (QED) is 0.330. The van der Waals surface area contributed by atoms with Gasteiger partial charge in [-0.3, -0.25) is 4.90 Å². The van der Waals surface area contributed by atoms with Crippen LogP contribution in [0.15, 0.2) is 59.5 Å². The number of phenols is 1. The number of fused-ring (bicyclic) bond motifs is 1. The van der Waals surface area contributed by atoms with E-state index in [-0.39, 0.29) is 15.7 Å². The minimum atomic E-state index is -3.60. The van der Waals surface area contributed by atoms with Crippen molar-refractivity contribution in [3.05, 3.63) is 82.1 Å². The lowest BCUT2D eigenvalue weighted by Crippen LogP contribution is -2.35. The molecule has 2 aliphatic rings. The summed E-state index contributed by atoms with van der Waals surface area (Å²) in [5, 5.41) is 10.2. The number of rotatable bonds is 7. The predicted octanol–water partition coefficient (Wildman–Crippen LogP) is 6.76. The van der Waals surface area contributed by atoms with Crippen LogP contribution in [0.3, 0.4) is 0 Å². The molecule has 3 aromatic rings. The Morgan fingerprint density at radius 2 is 1.90 bits per heavy atom. The molecule has 9 heteroatoms. The summed E-state index contributed by atoms with van der Waals surface area (Å²) in [4.78, 5) is 2.45. The average Bonchev–Trinajstić information content (AvgIpc) is 3.35. The van der Waals surface area contributed by atoms with Crippen LogP contribution in [0, 0.1) is 11.7 Å². The molecule has 3 aromatic carbocycles. The van der Waals surface area contributed by atoms with Crippen molar-refractivity contribution in [2.45, 2.75) is 44.2 Å². The van der Waals surface area contributed by atoms with Gasteiger partial charge < -0.3 is 14.6 Å². The van der Waals surface area contributed by atoms with Crippen LogP contribution in [0.25, 0.3) is 11.1 Å². The number of allylic oxidation sites excluding steroid dienone is 1. The lowest BCUT2D eigenvalue weighted by molar-refractivity contribution is 0.169. The van der Waals surface area contributed by atoms with E-state index >= 15 is 0 Å². The van der Waals surface area contributed by atoms with Crippen LogP contribution < -0.4 is 9.47 Å². The molecule has 212 valence electrons. The van der Waals surface area contributed by atoms with Crippen LogP contribution in [0.4, 0.5) is 4.39 Å². The van der Waals surface area contributed by atoms with Crippen LogP contribution in [0.2, 0.25) is 5.02 Å². The van der Waals surface area contributed by atoms with Crippen molar-refractivity contribution in [2.24, 2.45) is 5.92 Å². The molecule has 0 amide bonds. The van der Waals surface area contributed by atoms with Crippen molar-refractivity contribution < 1.29 is 27.4 Å². The van der Waals surface area contributed by atoms with Gasteiger partial charge in [-0.05, 0) is 79.8 Å². The fourth-order valence-corrected chi connectivity index (χ4v) is 6.75. The highest BCUT2D eigenvalue weighted by atomic mass is 35.5. The van der Waals surface area contributed by atoms with Gasteiger partial charge in [0.2, 0.25) is 0 Å². The summed E-state index contributed by atoms with van der Waals surface area (Å²) in [6, 6.07) is 15.1. The van der Waals surface area contributed by atoms with Crippen molar-refractivity contribution in [1.29, 1.82) is 0 Å². The Hall–Kier alpha value is -3.07. The molecule has 3 atom stereocenters. The zero-order chi connectivity index (χ0) is 28.8. The molecule has 1 fully saturated rings. The molecule has 0 aromatic heterocycles. The number of ether oxygens (including phenoxy) is 2. The maximum Gasteiger partial charge on any atom is 0.177 e. The largest absolute Gasteiger partial charge is 0.505 e. The first kappa shape index (κ1) is 28.5. The third-order valence-corrected chi connectivity index (χ3v) is 9.34. The standard InChI is InChI=1S/C31H33ClFNO5S/c1-18-11-12-34(16-18)19(2)17-38-23-8-5-21(6-9-23)31-30(22-7-10-25(32)29(13-22)40(4,36)37)20(3)24-14-27(35)26(33)15-28(24)39-31/h5-10,13-15,18-19,31,35H,11-12,16-17H2,1-4H3. The van der Waals surface area contributed by atoms with Crippen molar-refractivity contribution >= 4 is 32.6 Å². The highest BCUT2D eigenvalue weighted by Crippen LogP contribution is 2.48. The van der Waals surface area contributed by atoms with E-state index in [4.69, 9.17) is 21.1 Å². The minimum Gasteiger partial charge on any atom is -0.505 e. The van der Waals surface area contributed by atoms with Gasteiger partial charge in [0, 0.05) is 36.0 Å². The highest BCUT2D eigenvalue weighted by molar-refractivity contribution is 7.90. The number of benzene rings is 3. The second-order valence-corrected chi connectivity index (χ2v) is 13.3. The molecule has 40 heavy (non-hydrogen) atoms. The summed E-state index contributed by atoms with van der Waals surface area (Å²) in [6.07, 6.45) is 1.64. The molecule has 0 bridgehead atoms. The fraction of sp³-hybridized carbons (Fsp3) is 0.355. The van der Waals surface area contributed by atoms with E-state index in [1.165, 1.54) is 24.6 Å². The molecular formula is C31H33ClFNO5S. The molecular weight excluding hydrogens is 553 g/mol. The first-order valence-corrected chi connectivity index (χ1v) is 15.6. The Kier molecular flexibility index (Phi) is 7.88. The summed E-state index contributed by atoms with van der Waals surface area (Å²) < 4.78 is 51.6. The number of aromatic hydroxyl groups is 1. The normalized spacial score (nSPS) is 20.2. The molecule has 2 aliphatic heterocycles. The van der Waals surface area contributed by atoms with Gasteiger partial charge in [0.05, 0.1) is 9.92 Å². The van der Waals surface area contributed by atoms with E-state index < -0.39 is 27.5 Å². The Balaban J connectivity index is 1.49. The van der Waals surface area contributed by atoms with Crippen molar-refractivity contribution in [1.82, 2.24) is 4.90 Å². The van der Waals surface area contributed by atoms with Gasteiger partial charge in [-0.1, -0.05) is 36.7 Å². The zero-order valence-corrected chi connectivity index (χ0v) is 24.5. The Morgan fingerprint density at radius 3 is 2.55 bits per heavy atom. The van der Waals surface area contributed by atoms with Crippen molar-refractivity contribution in [3.63, 3.8) is 0 Å². The van der Waals surface area contributed by atoms with E-state index in [0.717, 1.165) is 36.2 Å². The Labute approximate surface area is 239 Å². The van der Waals surface area contributed by atoms with Crippen molar-refractivity contribution in [3.8, 4) is 17.2 Å². The fourth-order valence-electron chi connectivity index (χ4n) is 5.45. The first-order valence-electron chi connectivity index (χ1n) is 13.3. The number of hydrogen-bond donors (Lipinski definition) is 1. The molecule has 0 spiro atoms. The monoisotopic (exact) mass is 585 g/mol. The number of halogens is 2. The minimum absolute atomic E-state index is 0.00345. The third kappa shape index (κ3) is 5.71.